The van der Waals surface area contributed by atoms with Gasteiger partial charge in [-0.15, -0.1) is 0 Å². The second-order valence-electron chi connectivity index (χ2n) is 10.5. The van der Waals surface area contributed by atoms with Crippen LogP contribution < -0.4 is 19.1 Å². The van der Waals surface area contributed by atoms with Gasteiger partial charge in [-0.05, 0) is 61.7 Å². The summed E-state index contributed by atoms with van der Waals surface area (Å²) in [7, 11) is -1.34. The molecule has 9 nitrogen and oxygen atoms in total. The summed E-state index contributed by atoms with van der Waals surface area (Å²) in [6.07, 6.45) is 4.91. The minimum Gasteiger partial charge on any atom is -0.493 e. The van der Waals surface area contributed by atoms with E-state index in [4.69, 9.17) is 9.47 Å². The molecule has 0 bridgehead atoms. The molecule has 0 aromatic heterocycles. The number of sulfonamides is 1. The fourth-order valence-corrected chi connectivity index (χ4v) is 6.59. The number of rotatable bonds is 12. The van der Waals surface area contributed by atoms with E-state index in [1.165, 1.54) is 67.7 Å². The van der Waals surface area contributed by atoms with Crippen molar-refractivity contribution >= 4 is 27.5 Å². The molecule has 43 heavy (non-hydrogen) atoms. The highest BCUT2D eigenvalue weighted by atomic mass is 32.2. The van der Waals surface area contributed by atoms with Crippen LogP contribution in [0, 0.1) is 5.82 Å². The van der Waals surface area contributed by atoms with Gasteiger partial charge in [0.05, 0.1) is 24.8 Å². The van der Waals surface area contributed by atoms with Gasteiger partial charge in [0.25, 0.3) is 10.0 Å². The second kappa shape index (κ2) is 14.4. The molecule has 2 amide bonds. The molecule has 1 saturated carbocycles. The van der Waals surface area contributed by atoms with Crippen molar-refractivity contribution in [3.8, 4) is 11.5 Å². The zero-order valence-electron chi connectivity index (χ0n) is 24.7. The third-order valence-electron chi connectivity index (χ3n) is 7.65. The number of amides is 2. The average molecular weight is 612 g/mol. The largest absolute Gasteiger partial charge is 0.493 e. The summed E-state index contributed by atoms with van der Waals surface area (Å²) < 4.78 is 53.3. The van der Waals surface area contributed by atoms with Crippen molar-refractivity contribution in [3.63, 3.8) is 0 Å². The lowest BCUT2D eigenvalue weighted by molar-refractivity contribution is -0.139. The second-order valence-corrected chi connectivity index (χ2v) is 12.4. The highest BCUT2D eigenvalue weighted by Gasteiger charge is 2.33. The van der Waals surface area contributed by atoms with Gasteiger partial charge >= 0.3 is 0 Å². The van der Waals surface area contributed by atoms with E-state index in [0.717, 1.165) is 36.4 Å². The third-order valence-corrected chi connectivity index (χ3v) is 9.44. The smallest absolute Gasteiger partial charge is 0.264 e. The van der Waals surface area contributed by atoms with Gasteiger partial charge in [0.1, 0.15) is 18.4 Å². The van der Waals surface area contributed by atoms with Crippen molar-refractivity contribution in [1.82, 2.24) is 10.2 Å². The van der Waals surface area contributed by atoms with E-state index < -0.39 is 34.3 Å². The molecule has 0 aliphatic heterocycles. The fraction of sp³-hybridized carbons (Fsp3) is 0.375. The molecule has 0 heterocycles. The summed E-state index contributed by atoms with van der Waals surface area (Å²) in [5.41, 5.74) is 0.770. The molecule has 1 fully saturated rings. The van der Waals surface area contributed by atoms with Crippen molar-refractivity contribution in [2.75, 3.05) is 25.1 Å². The molecule has 3 aromatic carbocycles. The summed E-state index contributed by atoms with van der Waals surface area (Å²) in [5.74, 6) is -0.696. The van der Waals surface area contributed by atoms with Crippen LogP contribution in [0.15, 0.2) is 77.7 Å². The number of anilines is 1. The zero-order valence-corrected chi connectivity index (χ0v) is 25.5. The van der Waals surface area contributed by atoms with Crippen LogP contribution in [-0.4, -0.2) is 58.0 Å². The topological polar surface area (TPSA) is 105 Å². The molecular formula is C32H38FN3O6S. The Morgan fingerprint density at radius 3 is 2.21 bits per heavy atom. The van der Waals surface area contributed by atoms with Gasteiger partial charge in [-0.2, -0.15) is 0 Å². The Balaban J connectivity index is 1.70. The Hall–Kier alpha value is -4.12. The van der Waals surface area contributed by atoms with E-state index in [0.29, 0.717) is 11.3 Å². The molecule has 0 radical (unpaired) electrons. The average Bonchev–Trinajstić information content (AvgIpc) is 3.03. The summed E-state index contributed by atoms with van der Waals surface area (Å²) in [4.78, 5) is 28.8. The summed E-state index contributed by atoms with van der Waals surface area (Å²) in [6.45, 7) is 0.991. The van der Waals surface area contributed by atoms with Gasteiger partial charge in [0.15, 0.2) is 11.5 Å². The van der Waals surface area contributed by atoms with Crippen LogP contribution in [0.5, 0.6) is 11.5 Å². The number of carbonyl (C=O) groups excluding carboxylic acids is 2. The monoisotopic (exact) mass is 611 g/mol. The molecule has 1 aliphatic carbocycles. The molecule has 3 aromatic rings. The van der Waals surface area contributed by atoms with Crippen molar-refractivity contribution in [2.24, 2.45) is 0 Å². The first kappa shape index (κ1) is 31.8. The normalized spacial score (nSPS) is 14.4. The van der Waals surface area contributed by atoms with Gasteiger partial charge in [-0.1, -0.05) is 49.6 Å². The lowest BCUT2D eigenvalue weighted by Gasteiger charge is -2.33. The SMILES string of the molecule is COc1ccc(N(CC(=O)N(Cc2ccc(F)cc2)[C@@H](C)C(=O)NC2CCCCC2)S(=O)(=O)c2ccccc2)cc1OC. The van der Waals surface area contributed by atoms with E-state index >= 15 is 0 Å². The molecule has 1 aliphatic rings. The molecule has 1 N–H and O–H groups in total. The zero-order chi connectivity index (χ0) is 31.0. The van der Waals surface area contributed by atoms with E-state index in [1.807, 2.05) is 0 Å². The Bertz CT molecular complexity index is 1500. The van der Waals surface area contributed by atoms with Crippen molar-refractivity contribution < 1.29 is 31.9 Å². The molecule has 230 valence electrons. The van der Waals surface area contributed by atoms with Gasteiger partial charge < -0.3 is 19.7 Å². The molecule has 0 saturated heterocycles. The van der Waals surface area contributed by atoms with E-state index in [-0.39, 0.29) is 34.8 Å². The Labute approximate surface area is 252 Å². The summed E-state index contributed by atoms with van der Waals surface area (Å²) >= 11 is 0. The van der Waals surface area contributed by atoms with Crippen LogP contribution in [-0.2, 0) is 26.2 Å². The van der Waals surface area contributed by atoms with Crippen molar-refractivity contribution in [1.29, 1.82) is 0 Å². The lowest BCUT2D eigenvalue weighted by Crippen LogP contribution is -2.53. The van der Waals surface area contributed by atoms with E-state index in [9.17, 15) is 22.4 Å². The Kier molecular flexibility index (Phi) is 10.6. The van der Waals surface area contributed by atoms with Crippen LogP contribution in [0.3, 0.4) is 0 Å². The lowest BCUT2D eigenvalue weighted by atomic mass is 9.95. The third kappa shape index (κ3) is 7.84. The summed E-state index contributed by atoms with van der Waals surface area (Å²) in [6, 6.07) is 17.1. The van der Waals surface area contributed by atoms with Crippen LogP contribution in [0.2, 0.25) is 0 Å². The van der Waals surface area contributed by atoms with Gasteiger partial charge in [0, 0.05) is 18.7 Å². The first-order chi connectivity index (χ1) is 20.6. The summed E-state index contributed by atoms with van der Waals surface area (Å²) in [5, 5.41) is 3.06. The maximum absolute atomic E-state index is 14.1. The van der Waals surface area contributed by atoms with Crippen LogP contribution in [0.25, 0.3) is 0 Å². The minimum atomic E-state index is -4.24. The number of halogens is 1. The molecule has 11 heteroatoms. The number of carbonyl (C=O) groups is 2. The predicted octanol–water partition coefficient (Wildman–Crippen LogP) is 4.90. The molecule has 0 unspecified atom stereocenters. The number of nitrogens with one attached hydrogen (secondary N) is 1. The number of hydrogen-bond donors (Lipinski definition) is 1. The fourth-order valence-electron chi connectivity index (χ4n) is 5.17. The van der Waals surface area contributed by atoms with E-state index in [2.05, 4.69) is 5.32 Å². The number of methoxy groups -OCH3 is 2. The number of ether oxygens (including phenoxy) is 2. The van der Waals surface area contributed by atoms with Gasteiger partial charge in [-0.25, -0.2) is 12.8 Å². The molecule has 0 spiro atoms. The molecule has 4 rings (SSSR count). The van der Waals surface area contributed by atoms with Crippen molar-refractivity contribution in [3.05, 3.63) is 84.2 Å². The first-order valence-corrected chi connectivity index (χ1v) is 15.7. The maximum Gasteiger partial charge on any atom is 0.264 e. The number of nitrogens with zero attached hydrogens (tertiary/aromatic N) is 2. The highest BCUT2D eigenvalue weighted by molar-refractivity contribution is 7.92. The Morgan fingerprint density at radius 1 is 0.930 bits per heavy atom. The van der Waals surface area contributed by atoms with Crippen LogP contribution >= 0.6 is 0 Å². The van der Waals surface area contributed by atoms with Gasteiger partial charge in [-0.3, -0.25) is 13.9 Å². The van der Waals surface area contributed by atoms with Crippen LogP contribution in [0.1, 0.15) is 44.6 Å². The van der Waals surface area contributed by atoms with Crippen LogP contribution in [0.4, 0.5) is 10.1 Å². The standard InChI is InChI=1S/C32H38FN3O6S/c1-23(32(38)34-26-10-6-4-7-11-26)35(21-24-14-16-25(33)17-15-24)31(37)22-36(43(39,40)28-12-8-5-9-13-28)27-18-19-29(41-2)30(20-27)42-3/h5,8-9,12-20,23,26H,4,6-7,10-11,21-22H2,1-3H3,(H,34,38)/t23-/m0/s1. The molecule has 1 atom stereocenters. The molecular weight excluding hydrogens is 573 g/mol. The highest BCUT2D eigenvalue weighted by Crippen LogP contribution is 2.34. The number of hydrogen-bond acceptors (Lipinski definition) is 6. The quantitative estimate of drug-likeness (QED) is 0.312. The first-order valence-electron chi connectivity index (χ1n) is 14.3. The predicted molar refractivity (Wildman–Crippen MR) is 162 cm³/mol. The van der Waals surface area contributed by atoms with E-state index in [1.54, 1.807) is 31.2 Å². The minimum absolute atomic E-state index is 0.00856. The van der Waals surface area contributed by atoms with Crippen molar-refractivity contribution in [2.45, 2.75) is 62.6 Å². The van der Waals surface area contributed by atoms with Gasteiger partial charge in [0.2, 0.25) is 11.8 Å². The maximum atomic E-state index is 14.1. The Morgan fingerprint density at radius 2 is 1.58 bits per heavy atom. The number of benzene rings is 3.